The van der Waals surface area contributed by atoms with Crippen LogP contribution in [0.15, 0.2) is 18.2 Å². The minimum absolute atomic E-state index is 0.188. The SMILES string of the molecule is CCCOCCOCCNC(=O)c1cc(C(=O)NCCOCCOCCC)cc(C(=O)NCCOCCOCCC)c1. The molecule has 0 unspecified atom stereocenters. The average molecular weight is 598 g/mol. The topological polar surface area (TPSA) is 143 Å². The molecule has 42 heavy (non-hydrogen) atoms. The number of nitrogens with one attached hydrogen (secondary N) is 3. The Morgan fingerprint density at radius 3 is 0.905 bits per heavy atom. The van der Waals surface area contributed by atoms with Crippen molar-refractivity contribution in [1.29, 1.82) is 0 Å². The molecule has 0 fully saturated rings. The van der Waals surface area contributed by atoms with Crippen LogP contribution in [0.5, 0.6) is 0 Å². The van der Waals surface area contributed by atoms with Gasteiger partial charge in [0.1, 0.15) is 0 Å². The molecule has 3 amide bonds. The van der Waals surface area contributed by atoms with E-state index in [0.717, 1.165) is 19.3 Å². The average Bonchev–Trinajstić information content (AvgIpc) is 3.00. The van der Waals surface area contributed by atoms with Gasteiger partial charge in [0.25, 0.3) is 17.7 Å². The van der Waals surface area contributed by atoms with Crippen LogP contribution in [0.4, 0.5) is 0 Å². The van der Waals surface area contributed by atoms with Crippen LogP contribution in [0.2, 0.25) is 0 Å². The summed E-state index contributed by atoms with van der Waals surface area (Å²) >= 11 is 0. The van der Waals surface area contributed by atoms with Crippen molar-refractivity contribution in [2.75, 3.05) is 98.9 Å². The van der Waals surface area contributed by atoms with Gasteiger partial charge in [0.2, 0.25) is 0 Å². The molecule has 1 aromatic carbocycles. The van der Waals surface area contributed by atoms with Crippen LogP contribution in [0.1, 0.15) is 71.1 Å². The summed E-state index contributed by atoms with van der Waals surface area (Å²) in [5.74, 6) is -1.26. The van der Waals surface area contributed by atoms with E-state index in [1.165, 1.54) is 18.2 Å². The second kappa shape index (κ2) is 26.1. The van der Waals surface area contributed by atoms with E-state index in [1.807, 2.05) is 20.8 Å². The molecule has 0 radical (unpaired) electrons. The Morgan fingerprint density at radius 2 is 0.667 bits per heavy atom. The van der Waals surface area contributed by atoms with Crippen LogP contribution >= 0.6 is 0 Å². The molecule has 0 aliphatic heterocycles. The van der Waals surface area contributed by atoms with E-state index < -0.39 is 17.7 Å². The molecular weight excluding hydrogens is 546 g/mol. The van der Waals surface area contributed by atoms with Crippen molar-refractivity contribution in [3.05, 3.63) is 34.9 Å². The van der Waals surface area contributed by atoms with Gasteiger partial charge in [-0.2, -0.15) is 0 Å². The third-order valence-corrected chi connectivity index (χ3v) is 5.48. The van der Waals surface area contributed by atoms with Gasteiger partial charge in [-0.15, -0.1) is 0 Å². The third kappa shape index (κ3) is 18.7. The van der Waals surface area contributed by atoms with Crippen LogP contribution in [0, 0.1) is 0 Å². The quantitative estimate of drug-likeness (QED) is 0.130. The zero-order valence-electron chi connectivity index (χ0n) is 25.6. The number of hydrogen-bond donors (Lipinski definition) is 3. The maximum Gasteiger partial charge on any atom is 0.251 e. The van der Waals surface area contributed by atoms with Crippen molar-refractivity contribution in [2.45, 2.75) is 40.0 Å². The fourth-order valence-electron chi connectivity index (χ4n) is 3.44. The molecule has 0 aliphatic carbocycles. The maximum atomic E-state index is 12.9. The summed E-state index contributed by atoms with van der Waals surface area (Å²) in [4.78, 5) is 38.6. The largest absolute Gasteiger partial charge is 0.379 e. The number of carbonyl (C=O) groups is 3. The summed E-state index contributed by atoms with van der Waals surface area (Å²) in [6.07, 6.45) is 2.83. The number of hydrogen-bond acceptors (Lipinski definition) is 9. The van der Waals surface area contributed by atoms with Crippen LogP contribution in [0.3, 0.4) is 0 Å². The molecule has 240 valence electrons. The number of benzene rings is 1. The first-order chi connectivity index (χ1) is 20.5. The van der Waals surface area contributed by atoms with Gasteiger partial charge in [0.05, 0.1) is 59.5 Å². The van der Waals surface area contributed by atoms with Gasteiger partial charge in [0, 0.05) is 56.1 Å². The van der Waals surface area contributed by atoms with E-state index in [2.05, 4.69) is 16.0 Å². The van der Waals surface area contributed by atoms with E-state index in [-0.39, 0.29) is 36.3 Å². The minimum Gasteiger partial charge on any atom is -0.379 e. The predicted octanol–water partition coefficient (Wildman–Crippen LogP) is 2.21. The molecule has 1 rings (SSSR count). The van der Waals surface area contributed by atoms with Gasteiger partial charge in [-0.05, 0) is 37.5 Å². The summed E-state index contributed by atoms with van der Waals surface area (Å²) in [6, 6.07) is 4.37. The van der Waals surface area contributed by atoms with Crippen LogP contribution in [0.25, 0.3) is 0 Å². The number of carbonyl (C=O) groups excluding carboxylic acids is 3. The lowest BCUT2D eigenvalue weighted by atomic mass is 10.0. The summed E-state index contributed by atoms with van der Waals surface area (Å²) < 4.78 is 32.5. The van der Waals surface area contributed by atoms with Gasteiger partial charge in [-0.1, -0.05) is 20.8 Å². The number of ether oxygens (including phenoxy) is 6. The second-order valence-corrected chi connectivity index (χ2v) is 9.24. The van der Waals surface area contributed by atoms with Gasteiger partial charge in [0.15, 0.2) is 0 Å². The second-order valence-electron chi connectivity index (χ2n) is 9.24. The first kappa shape index (κ1) is 37.4. The molecule has 3 N–H and O–H groups in total. The van der Waals surface area contributed by atoms with E-state index >= 15 is 0 Å². The van der Waals surface area contributed by atoms with Crippen molar-refractivity contribution in [2.24, 2.45) is 0 Å². The van der Waals surface area contributed by atoms with E-state index in [0.29, 0.717) is 79.3 Å². The van der Waals surface area contributed by atoms with Crippen molar-refractivity contribution >= 4 is 17.7 Å². The van der Waals surface area contributed by atoms with Crippen molar-refractivity contribution in [3.63, 3.8) is 0 Å². The zero-order valence-corrected chi connectivity index (χ0v) is 25.6. The van der Waals surface area contributed by atoms with Crippen molar-refractivity contribution in [1.82, 2.24) is 16.0 Å². The Balaban J connectivity index is 2.67. The number of rotatable bonds is 27. The molecule has 12 heteroatoms. The van der Waals surface area contributed by atoms with Crippen LogP contribution in [-0.4, -0.2) is 117 Å². The summed E-state index contributed by atoms with van der Waals surface area (Å²) in [5.41, 5.74) is 0.563. The van der Waals surface area contributed by atoms with E-state index in [1.54, 1.807) is 0 Å². The Bertz CT molecular complexity index is 749. The Kier molecular flexibility index (Phi) is 23.2. The lowest BCUT2D eigenvalue weighted by molar-refractivity contribution is 0.0484. The summed E-state index contributed by atoms with van der Waals surface area (Å²) in [5, 5.41) is 8.29. The molecule has 0 saturated heterocycles. The van der Waals surface area contributed by atoms with E-state index in [4.69, 9.17) is 28.4 Å². The minimum atomic E-state index is -0.421. The standard InChI is InChI=1S/C30H51N3O9/c1-4-10-37-16-19-40-13-7-31-28(34)25-22-26(29(35)32-8-14-41-20-17-38-11-5-2)24-27(23-25)30(36)33-9-15-42-21-18-39-12-6-3/h22-24H,4-21H2,1-3H3,(H,31,34)(H,32,35)(H,33,36). The third-order valence-electron chi connectivity index (χ3n) is 5.48. The molecule has 0 saturated carbocycles. The smallest absolute Gasteiger partial charge is 0.251 e. The molecule has 12 nitrogen and oxygen atoms in total. The molecule has 0 bridgehead atoms. The van der Waals surface area contributed by atoms with Gasteiger partial charge in [-0.25, -0.2) is 0 Å². The highest BCUT2D eigenvalue weighted by molar-refractivity contribution is 6.04. The normalized spacial score (nSPS) is 10.9. The lowest BCUT2D eigenvalue weighted by Gasteiger charge is -2.12. The summed E-state index contributed by atoms with van der Waals surface area (Å²) in [7, 11) is 0. The first-order valence-electron chi connectivity index (χ1n) is 15.0. The maximum absolute atomic E-state index is 12.9. The highest BCUT2D eigenvalue weighted by Gasteiger charge is 2.16. The predicted molar refractivity (Wildman–Crippen MR) is 159 cm³/mol. The first-order valence-corrected chi connectivity index (χ1v) is 15.0. The fraction of sp³-hybridized carbons (Fsp3) is 0.700. The summed E-state index contributed by atoms with van der Waals surface area (Å²) in [6.45, 7) is 12.6. The van der Waals surface area contributed by atoms with Crippen molar-refractivity contribution in [3.8, 4) is 0 Å². The molecule has 0 aliphatic rings. The Hall–Kier alpha value is -2.61. The van der Waals surface area contributed by atoms with Crippen LogP contribution < -0.4 is 16.0 Å². The molecule has 1 aromatic rings. The fourth-order valence-corrected chi connectivity index (χ4v) is 3.44. The van der Waals surface area contributed by atoms with Gasteiger partial charge >= 0.3 is 0 Å². The monoisotopic (exact) mass is 597 g/mol. The lowest BCUT2D eigenvalue weighted by Crippen LogP contribution is -2.31. The van der Waals surface area contributed by atoms with Gasteiger partial charge < -0.3 is 44.4 Å². The zero-order chi connectivity index (χ0) is 30.7. The Labute approximate surface area is 250 Å². The highest BCUT2D eigenvalue weighted by atomic mass is 16.5. The van der Waals surface area contributed by atoms with Crippen molar-refractivity contribution < 1.29 is 42.8 Å². The van der Waals surface area contributed by atoms with E-state index in [9.17, 15) is 14.4 Å². The number of amides is 3. The molecule has 0 atom stereocenters. The molecule has 0 aromatic heterocycles. The van der Waals surface area contributed by atoms with Crippen LogP contribution in [-0.2, 0) is 28.4 Å². The van der Waals surface area contributed by atoms with Gasteiger partial charge in [-0.3, -0.25) is 14.4 Å². The Morgan fingerprint density at radius 1 is 0.429 bits per heavy atom. The highest BCUT2D eigenvalue weighted by Crippen LogP contribution is 2.12. The molecular formula is C30H51N3O9. The molecule has 0 heterocycles. The molecule has 0 spiro atoms.